The summed E-state index contributed by atoms with van der Waals surface area (Å²) in [7, 11) is 1.61. The number of nitrogens with one attached hydrogen (secondary N) is 2. The molecule has 0 amide bonds. The van der Waals surface area contributed by atoms with Crippen LogP contribution < -0.4 is 10.6 Å². The van der Waals surface area contributed by atoms with Crippen LogP contribution in [0.15, 0.2) is 0 Å². The van der Waals surface area contributed by atoms with Gasteiger partial charge in [0.1, 0.15) is 11.2 Å². The van der Waals surface area contributed by atoms with E-state index >= 15 is 0 Å². The Morgan fingerprint density at radius 1 is 0.821 bits per heavy atom. The minimum atomic E-state index is -0.645. The van der Waals surface area contributed by atoms with Gasteiger partial charge in [0.05, 0.1) is 32.4 Å². The summed E-state index contributed by atoms with van der Waals surface area (Å²) in [6.45, 7) is 13.9. The maximum atomic E-state index is 12.0. The molecule has 0 atom stereocenters. The van der Waals surface area contributed by atoms with Gasteiger partial charge in [-0.15, -0.1) is 0 Å². The molecule has 0 aromatic heterocycles. The average molecular weight is 405 g/mol. The lowest BCUT2D eigenvalue weighted by Gasteiger charge is -2.31. The Bertz CT molecular complexity index is 452. The van der Waals surface area contributed by atoms with Gasteiger partial charge < -0.3 is 29.6 Å². The monoisotopic (exact) mass is 404 g/mol. The van der Waals surface area contributed by atoms with Gasteiger partial charge in [-0.3, -0.25) is 9.59 Å². The molecule has 0 aliphatic carbocycles. The minimum absolute atomic E-state index is 0.135. The maximum Gasteiger partial charge on any atom is 0.320 e. The fourth-order valence-electron chi connectivity index (χ4n) is 2.31. The fraction of sp³-hybridized carbons (Fsp3) is 0.900. The summed E-state index contributed by atoms with van der Waals surface area (Å²) in [5.74, 6) is -0.629. The van der Waals surface area contributed by atoms with Gasteiger partial charge in [0.25, 0.3) is 0 Å². The highest BCUT2D eigenvalue weighted by Gasteiger charge is 2.29. The van der Waals surface area contributed by atoms with Crippen molar-refractivity contribution in [3.8, 4) is 0 Å². The molecule has 28 heavy (non-hydrogen) atoms. The largest absolute Gasteiger partial charge is 0.459 e. The van der Waals surface area contributed by atoms with E-state index in [1.807, 2.05) is 41.5 Å². The lowest BCUT2D eigenvalue weighted by atomic mass is 9.93. The first kappa shape index (κ1) is 26.8. The molecule has 0 saturated heterocycles. The van der Waals surface area contributed by atoms with Crippen LogP contribution in [0.25, 0.3) is 0 Å². The number of carbonyl (C=O) groups is 2. The van der Waals surface area contributed by atoms with Crippen LogP contribution in [-0.2, 0) is 28.5 Å². The molecule has 0 heterocycles. The van der Waals surface area contributed by atoms with E-state index < -0.39 is 11.2 Å². The quantitative estimate of drug-likeness (QED) is 0.296. The Balaban J connectivity index is 4.12. The highest BCUT2D eigenvalue weighted by atomic mass is 16.6. The molecule has 0 aromatic rings. The first-order chi connectivity index (χ1) is 13.0. The normalized spacial score (nSPS) is 12.3. The molecule has 8 nitrogen and oxygen atoms in total. The molecule has 0 radical (unpaired) electrons. The lowest BCUT2D eigenvalue weighted by molar-refractivity contribution is -0.162. The van der Waals surface area contributed by atoms with E-state index in [1.165, 1.54) is 0 Å². The topological polar surface area (TPSA) is 95.1 Å². The number of rotatable bonds is 16. The van der Waals surface area contributed by atoms with Crippen molar-refractivity contribution in [3.63, 3.8) is 0 Å². The van der Waals surface area contributed by atoms with Crippen molar-refractivity contribution in [1.82, 2.24) is 10.6 Å². The second-order valence-electron chi connectivity index (χ2n) is 8.23. The van der Waals surface area contributed by atoms with Crippen LogP contribution in [0.4, 0.5) is 0 Å². The molecule has 0 saturated carbocycles. The van der Waals surface area contributed by atoms with Gasteiger partial charge in [0.2, 0.25) is 0 Å². The van der Waals surface area contributed by atoms with Crippen molar-refractivity contribution in [3.05, 3.63) is 0 Å². The molecule has 0 unspecified atom stereocenters. The van der Waals surface area contributed by atoms with Crippen molar-refractivity contribution in [2.45, 2.75) is 71.7 Å². The SMILES string of the molecule is COCCNCC(=O)OC(C)(C)CCC(C)(C)OC(=O)CNCCOC(C)C. The van der Waals surface area contributed by atoms with Crippen LogP contribution in [0.1, 0.15) is 54.4 Å². The number of carbonyl (C=O) groups excluding carboxylic acids is 2. The van der Waals surface area contributed by atoms with E-state index in [2.05, 4.69) is 10.6 Å². The Kier molecular flexibility index (Phi) is 13.3. The van der Waals surface area contributed by atoms with Crippen molar-refractivity contribution in [2.75, 3.05) is 46.5 Å². The molecule has 0 rings (SSSR count). The van der Waals surface area contributed by atoms with Crippen molar-refractivity contribution in [2.24, 2.45) is 0 Å². The van der Waals surface area contributed by atoms with Gasteiger partial charge in [0, 0.05) is 20.2 Å². The molecule has 0 spiro atoms. The standard InChI is InChI=1S/C20H40N2O6/c1-16(2)26-13-11-22-15-18(24)28-20(5,6)9-8-19(3,4)27-17(23)14-21-10-12-25-7/h16,21-22H,8-15H2,1-7H3. The summed E-state index contributed by atoms with van der Waals surface area (Å²) >= 11 is 0. The van der Waals surface area contributed by atoms with Crippen LogP contribution in [-0.4, -0.2) is 75.7 Å². The van der Waals surface area contributed by atoms with Gasteiger partial charge in [-0.1, -0.05) is 0 Å². The maximum absolute atomic E-state index is 12.0. The Hall–Kier alpha value is -1.22. The molecule has 0 aliphatic rings. The zero-order chi connectivity index (χ0) is 21.6. The summed E-state index contributed by atoms with van der Waals surface area (Å²) < 4.78 is 21.4. The molecule has 0 fully saturated rings. The number of esters is 2. The second kappa shape index (κ2) is 13.9. The van der Waals surface area contributed by atoms with Gasteiger partial charge in [-0.05, 0) is 54.4 Å². The predicted molar refractivity (Wildman–Crippen MR) is 108 cm³/mol. The third kappa shape index (κ3) is 15.8. The number of hydrogen-bond acceptors (Lipinski definition) is 8. The first-order valence-electron chi connectivity index (χ1n) is 9.93. The third-order valence-electron chi connectivity index (χ3n) is 3.86. The van der Waals surface area contributed by atoms with Gasteiger partial charge in [-0.2, -0.15) is 0 Å². The zero-order valence-corrected chi connectivity index (χ0v) is 18.7. The van der Waals surface area contributed by atoms with Crippen LogP contribution in [0.2, 0.25) is 0 Å². The van der Waals surface area contributed by atoms with Crippen LogP contribution in [0.3, 0.4) is 0 Å². The summed E-state index contributed by atoms with van der Waals surface area (Å²) in [5.41, 5.74) is -1.29. The molecule has 0 aliphatic heterocycles. The van der Waals surface area contributed by atoms with E-state index in [9.17, 15) is 9.59 Å². The molecule has 2 N–H and O–H groups in total. The highest BCUT2D eigenvalue weighted by Crippen LogP contribution is 2.25. The van der Waals surface area contributed by atoms with E-state index in [0.29, 0.717) is 39.1 Å². The molecule has 0 aromatic carbocycles. The van der Waals surface area contributed by atoms with E-state index in [4.69, 9.17) is 18.9 Å². The van der Waals surface area contributed by atoms with Gasteiger partial charge >= 0.3 is 11.9 Å². The average Bonchev–Trinajstić information content (AvgIpc) is 2.56. The molecular formula is C20H40N2O6. The number of ether oxygens (including phenoxy) is 4. The highest BCUT2D eigenvalue weighted by molar-refractivity contribution is 5.72. The summed E-state index contributed by atoms with van der Waals surface area (Å²) in [4.78, 5) is 23.9. The van der Waals surface area contributed by atoms with Crippen molar-refractivity contribution < 1.29 is 28.5 Å². The molecule has 8 heteroatoms. The number of methoxy groups -OCH3 is 1. The smallest absolute Gasteiger partial charge is 0.320 e. The fourth-order valence-corrected chi connectivity index (χ4v) is 2.31. The van der Waals surface area contributed by atoms with Crippen LogP contribution >= 0.6 is 0 Å². The number of hydrogen-bond donors (Lipinski definition) is 2. The first-order valence-corrected chi connectivity index (χ1v) is 9.93. The molecule has 0 bridgehead atoms. The third-order valence-corrected chi connectivity index (χ3v) is 3.86. The molecular weight excluding hydrogens is 364 g/mol. The Labute approximate surface area is 170 Å². The van der Waals surface area contributed by atoms with Crippen LogP contribution in [0.5, 0.6) is 0 Å². The zero-order valence-electron chi connectivity index (χ0n) is 18.7. The minimum Gasteiger partial charge on any atom is -0.459 e. The van der Waals surface area contributed by atoms with E-state index in [-0.39, 0.29) is 31.1 Å². The van der Waals surface area contributed by atoms with Gasteiger partial charge in [-0.25, -0.2) is 0 Å². The summed E-state index contributed by atoms with van der Waals surface area (Å²) in [5, 5.41) is 5.96. The Morgan fingerprint density at radius 3 is 1.64 bits per heavy atom. The summed E-state index contributed by atoms with van der Waals surface area (Å²) in [6, 6.07) is 0. The predicted octanol–water partition coefficient (Wildman–Crippen LogP) is 1.66. The van der Waals surface area contributed by atoms with Crippen molar-refractivity contribution in [1.29, 1.82) is 0 Å². The lowest BCUT2D eigenvalue weighted by Crippen LogP contribution is -2.38. The van der Waals surface area contributed by atoms with Gasteiger partial charge in [0.15, 0.2) is 0 Å². The van der Waals surface area contributed by atoms with Crippen molar-refractivity contribution >= 4 is 11.9 Å². The Morgan fingerprint density at radius 2 is 1.25 bits per heavy atom. The van der Waals surface area contributed by atoms with E-state index in [1.54, 1.807) is 7.11 Å². The van der Waals surface area contributed by atoms with Crippen LogP contribution in [0, 0.1) is 0 Å². The summed E-state index contributed by atoms with van der Waals surface area (Å²) in [6.07, 6.45) is 1.32. The second-order valence-corrected chi connectivity index (χ2v) is 8.23. The molecule has 166 valence electrons. The van der Waals surface area contributed by atoms with E-state index in [0.717, 1.165) is 0 Å².